The fourth-order valence-corrected chi connectivity index (χ4v) is 4.64. The van der Waals surface area contributed by atoms with Crippen LogP contribution in [0.4, 0.5) is 0 Å². The standard InChI is InChI=1S/C20H34N6O2/c1-3-24(4-2)18(27)15-26-14-17(22-23-26)19(28)21-16-20(10-6-7-11-20)25-12-8-5-9-13-25/h14H,3-13,15-16H2,1-2H3,(H,21,28). The molecular weight excluding hydrogens is 356 g/mol. The molecule has 1 saturated heterocycles. The summed E-state index contributed by atoms with van der Waals surface area (Å²) in [6, 6.07) is 0. The largest absolute Gasteiger partial charge is 0.349 e. The zero-order chi connectivity index (χ0) is 20.0. The second kappa shape index (κ2) is 9.49. The molecule has 1 N–H and O–H groups in total. The van der Waals surface area contributed by atoms with Crippen LogP contribution in [0.3, 0.4) is 0 Å². The third-order valence-electron chi connectivity index (χ3n) is 6.32. The molecule has 8 heteroatoms. The van der Waals surface area contributed by atoms with E-state index in [9.17, 15) is 9.59 Å². The van der Waals surface area contributed by atoms with Gasteiger partial charge in [-0.1, -0.05) is 24.5 Å². The Kier molecular flexibility index (Phi) is 7.04. The van der Waals surface area contributed by atoms with E-state index in [0.717, 1.165) is 25.9 Å². The molecule has 2 aliphatic rings. The number of nitrogens with zero attached hydrogens (tertiary/aromatic N) is 5. The molecule has 1 aromatic rings. The van der Waals surface area contributed by atoms with Crippen molar-refractivity contribution in [3.8, 4) is 0 Å². The predicted octanol–water partition coefficient (Wildman–Crippen LogP) is 1.68. The smallest absolute Gasteiger partial charge is 0.273 e. The molecule has 28 heavy (non-hydrogen) atoms. The number of nitrogens with one attached hydrogen (secondary N) is 1. The number of carbonyl (C=O) groups excluding carboxylic acids is 2. The topological polar surface area (TPSA) is 83.4 Å². The van der Waals surface area contributed by atoms with Crippen LogP contribution in [-0.4, -0.2) is 74.9 Å². The Morgan fingerprint density at radius 1 is 1.11 bits per heavy atom. The van der Waals surface area contributed by atoms with Crippen LogP contribution in [0.1, 0.15) is 69.3 Å². The molecule has 2 heterocycles. The highest BCUT2D eigenvalue weighted by atomic mass is 16.2. The van der Waals surface area contributed by atoms with Crippen molar-refractivity contribution in [2.24, 2.45) is 0 Å². The molecule has 0 atom stereocenters. The van der Waals surface area contributed by atoms with Gasteiger partial charge in [-0.3, -0.25) is 14.5 Å². The lowest BCUT2D eigenvalue weighted by Gasteiger charge is -2.43. The molecule has 3 rings (SSSR count). The number of aromatic nitrogens is 3. The molecule has 0 spiro atoms. The number of likely N-dealkylation sites (N-methyl/N-ethyl adjacent to an activating group) is 1. The van der Waals surface area contributed by atoms with E-state index in [2.05, 4.69) is 20.5 Å². The molecule has 8 nitrogen and oxygen atoms in total. The SMILES string of the molecule is CCN(CC)C(=O)Cn1cc(C(=O)NCC2(N3CCCCC3)CCCC2)nn1. The Morgan fingerprint density at radius 3 is 2.43 bits per heavy atom. The van der Waals surface area contributed by atoms with Crippen LogP contribution >= 0.6 is 0 Å². The van der Waals surface area contributed by atoms with Gasteiger partial charge in [0.2, 0.25) is 5.91 Å². The Labute approximate surface area is 167 Å². The Balaban J connectivity index is 1.57. The zero-order valence-electron chi connectivity index (χ0n) is 17.3. The first-order chi connectivity index (χ1) is 13.6. The van der Waals surface area contributed by atoms with Gasteiger partial charge in [-0.2, -0.15) is 0 Å². The molecule has 1 saturated carbocycles. The van der Waals surface area contributed by atoms with Crippen LogP contribution in [0.2, 0.25) is 0 Å². The van der Waals surface area contributed by atoms with E-state index in [1.54, 1.807) is 11.1 Å². The lowest BCUT2D eigenvalue weighted by Crippen LogP contribution is -2.55. The molecule has 0 bridgehead atoms. The van der Waals surface area contributed by atoms with Crippen molar-refractivity contribution in [1.29, 1.82) is 0 Å². The minimum absolute atomic E-state index is 0.0168. The molecule has 2 fully saturated rings. The Hall–Kier alpha value is -1.96. The minimum Gasteiger partial charge on any atom is -0.349 e. The highest BCUT2D eigenvalue weighted by molar-refractivity contribution is 5.92. The summed E-state index contributed by atoms with van der Waals surface area (Å²) in [5.41, 5.74) is 0.379. The van der Waals surface area contributed by atoms with Gasteiger partial charge in [0.25, 0.3) is 5.91 Å². The molecule has 0 radical (unpaired) electrons. The van der Waals surface area contributed by atoms with Gasteiger partial charge in [0.05, 0.1) is 6.20 Å². The Morgan fingerprint density at radius 2 is 1.79 bits per heavy atom. The number of amides is 2. The maximum atomic E-state index is 12.6. The molecule has 0 unspecified atom stereocenters. The molecule has 1 aliphatic carbocycles. The van der Waals surface area contributed by atoms with Crippen LogP contribution in [-0.2, 0) is 11.3 Å². The van der Waals surface area contributed by atoms with Crippen molar-refractivity contribution in [2.45, 2.75) is 70.9 Å². The zero-order valence-corrected chi connectivity index (χ0v) is 17.3. The fourth-order valence-electron chi connectivity index (χ4n) is 4.64. The minimum atomic E-state index is -0.204. The average Bonchev–Trinajstić information content (AvgIpc) is 3.38. The summed E-state index contributed by atoms with van der Waals surface area (Å²) < 4.78 is 1.45. The molecular formula is C20H34N6O2. The van der Waals surface area contributed by atoms with Gasteiger partial charge in [0, 0.05) is 25.2 Å². The second-order valence-corrected chi connectivity index (χ2v) is 8.03. The number of piperidine rings is 1. The van der Waals surface area contributed by atoms with Crippen molar-refractivity contribution >= 4 is 11.8 Å². The first-order valence-electron chi connectivity index (χ1n) is 10.8. The first kappa shape index (κ1) is 20.8. The average molecular weight is 391 g/mol. The van der Waals surface area contributed by atoms with Gasteiger partial charge >= 0.3 is 0 Å². The van der Waals surface area contributed by atoms with Crippen LogP contribution < -0.4 is 5.32 Å². The normalized spacial score (nSPS) is 19.5. The summed E-state index contributed by atoms with van der Waals surface area (Å²) >= 11 is 0. The van der Waals surface area contributed by atoms with Crippen LogP contribution in [0, 0.1) is 0 Å². The number of rotatable bonds is 8. The monoisotopic (exact) mass is 390 g/mol. The lowest BCUT2D eigenvalue weighted by atomic mass is 9.92. The second-order valence-electron chi connectivity index (χ2n) is 8.03. The highest BCUT2D eigenvalue weighted by Crippen LogP contribution is 2.36. The van der Waals surface area contributed by atoms with Gasteiger partial charge in [-0.25, -0.2) is 4.68 Å². The molecule has 1 aromatic heterocycles. The summed E-state index contributed by atoms with van der Waals surface area (Å²) in [5, 5.41) is 11.0. The first-order valence-corrected chi connectivity index (χ1v) is 10.8. The molecule has 0 aromatic carbocycles. The van der Waals surface area contributed by atoms with Gasteiger partial charge < -0.3 is 10.2 Å². The summed E-state index contributed by atoms with van der Waals surface area (Å²) in [7, 11) is 0. The summed E-state index contributed by atoms with van der Waals surface area (Å²) in [6.07, 6.45) is 10.2. The van der Waals surface area contributed by atoms with E-state index in [4.69, 9.17) is 0 Å². The number of carbonyl (C=O) groups is 2. The maximum Gasteiger partial charge on any atom is 0.273 e. The lowest BCUT2D eigenvalue weighted by molar-refractivity contribution is -0.131. The van der Waals surface area contributed by atoms with Crippen molar-refractivity contribution in [3.05, 3.63) is 11.9 Å². The fraction of sp³-hybridized carbons (Fsp3) is 0.800. The predicted molar refractivity (Wildman–Crippen MR) is 107 cm³/mol. The van der Waals surface area contributed by atoms with Gasteiger partial charge in [0.1, 0.15) is 6.54 Å². The summed E-state index contributed by atoms with van der Waals surface area (Å²) in [5.74, 6) is -0.221. The number of likely N-dealkylation sites (tertiary alicyclic amines) is 1. The third kappa shape index (κ3) is 4.71. The van der Waals surface area contributed by atoms with E-state index in [1.807, 2.05) is 13.8 Å². The number of hydrogen-bond acceptors (Lipinski definition) is 5. The Bertz CT molecular complexity index is 657. The van der Waals surface area contributed by atoms with Gasteiger partial charge in [0.15, 0.2) is 5.69 Å². The van der Waals surface area contributed by atoms with Crippen molar-refractivity contribution < 1.29 is 9.59 Å². The van der Waals surface area contributed by atoms with Crippen LogP contribution in [0.5, 0.6) is 0 Å². The summed E-state index contributed by atoms with van der Waals surface area (Å²) in [4.78, 5) is 29.2. The van der Waals surface area contributed by atoms with E-state index < -0.39 is 0 Å². The molecule has 156 valence electrons. The maximum absolute atomic E-state index is 12.6. The molecule has 1 aliphatic heterocycles. The number of hydrogen-bond donors (Lipinski definition) is 1. The van der Waals surface area contributed by atoms with Crippen LogP contribution in [0.25, 0.3) is 0 Å². The van der Waals surface area contributed by atoms with Crippen molar-refractivity contribution in [3.63, 3.8) is 0 Å². The van der Waals surface area contributed by atoms with Gasteiger partial charge in [-0.15, -0.1) is 5.10 Å². The highest BCUT2D eigenvalue weighted by Gasteiger charge is 2.40. The third-order valence-corrected chi connectivity index (χ3v) is 6.32. The van der Waals surface area contributed by atoms with Crippen molar-refractivity contribution in [2.75, 3.05) is 32.7 Å². The van der Waals surface area contributed by atoms with E-state index in [0.29, 0.717) is 19.6 Å². The van der Waals surface area contributed by atoms with E-state index in [-0.39, 0.29) is 29.6 Å². The van der Waals surface area contributed by atoms with Gasteiger partial charge in [-0.05, 0) is 52.6 Å². The van der Waals surface area contributed by atoms with Crippen molar-refractivity contribution in [1.82, 2.24) is 30.1 Å². The summed E-state index contributed by atoms with van der Waals surface area (Å²) in [6.45, 7) is 8.27. The van der Waals surface area contributed by atoms with E-state index in [1.165, 1.54) is 36.8 Å². The quantitative estimate of drug-likeness (QED) is 0.730. The van der Waals surface area contributed by atoms with Crippen LogP contribution in [0.15, 0.2) is 6.20 Å². The molecule has 2 amide bonds. The van der Waals surface area contributed by atoms with E-state index >= 15 is 0 Å².